The molecule has 0 heterocycles. The van der Waals surface area contributed by atoms with Gasteiger partial charge in [-0.15, -0.1) is 0 Å². The molecule has 0 atom stereocenters. The molecule has 0 aromatic heterocycles. The first-order valence-electron chi connectivity index (χ1n) is 6.50. The highest BCUT2D eigenvalue weighted by atomic mass is 16.5. The molecule has 1 aliphatic carbocycles. The number of aliphatic hydroxyl groups is 1. The Kier molecular flexibility index (Phi) is 4.44. The summed E-state index contributed by atoms with van der Waals surface area (Å²) < 4.78 is 11.1. The molecule has 0 unspecified atom stereocenters. The second kappa shape index (κ2) is 6.07. The first kappa shape index (κ1) is 13.2. The average Bonchev–Trinajstić information content (AvgIpc) is 2.82. The van der Waals surface area contributed by atoms with Crippen LogP contribution in [0.5, 0.6) is 11.5 Å². The molecule has 1 aliphatic rings. The predicted molar refractivity (Wildman–Crippen MR) is 69.9 cm³/mol. The molecular formula is C14H21NO3. The molecule has 1 fully saturated rings. The third-order valence-corrected chi connectivity index (χ3v) is 3.23. The molecule has 100 valence electrons. The fraction of sp³-hybridized carbons (Fsp3) is 0.571. The monoisotopic (exact) mass is 251 g/mol. The molecule has 0 saturated heterocycles. The van der Waals surface area contributed by atoms with Crippen molar-refractivity contribution >= 4 is 0 Å². The van der Waals surface area contributed by atoms with Crippen molar-refractivity contribution in [2.45, 2.75) is 31.3 Å². The SMILES string of the molecule is NCCOc1cccc(OCC2(O)CCCC2)c1. The Morgan fingerprint density at radius 1 is 1.17 bits per heavy atom. The number of ether oxygens (including phenoxy) is 2. The van der Waals surface area contributed by atoms with Gasteiger partial charge in [0.05, 0.1) is 5.60 Å². The van der Waals surface area contributed by atoms with Crippen LogP contribution in [-0.2, 0) is 0 Å². The highest BCUT2D eigenvalue weighted by Crippen LogP contribution is 2.30. The molecule has 1 aromatic carbocycles. The van der Waals surface area contributed by atoms with Crippen LogP contribution in [0.3, 0.4) is 0 Å². The standard InChI is InChI=1S/C14H21NO3/c15-8-9-17-12-4-3-5-13(10-12)18-11-14(16)6-1-2-7-14/h3-5,10,16H,1-2,6-9,11,15H2. The summed E-state index contributed by atoms with van der Waals surface area (Å²) in [7, 11) is 0. The normalized spacial score (nSPS) is 17.7. The number of rotatable bonds is 6. The van der Waals surface area contributed by atoms with Gasteiger partial charge >= 0.3 is 0 Å². The van der Waals surface area contributed by atoms with E-state index in [1.165, 1.54) is 0 Å². The lowest BCUT2D eigenvalue weighted by atomic mass is 10.0. The zero-order valence-corrected chi connectivity index (χ0v) is 10.6. The molecule has 0 radical (unpaired) electrons. The molecule has 3 N–H and O–H groups in total. The van der Waals surface area contributed by atoms with Crippen LogP contribution >= 0.6 is 0 Å². The summed E-state index contributed by atoms with van der Waals surface area (Å²) in [6, 6.07) is 7.44. The Labute approximate surface area is 108 Å². The van der Waals surface area contributed by atoms with Gasteiger partial charge in [0.15, 0.2) is 0 Å². The van der Waals surface area contributed by atoms with Gasteiger partial charge in [-0.1, -0.05) is 18.9 Å². The maximum atomic E-state index is 10.2. The van der Waals surface area contributed by atoms with Crippen LogP contribution in [0.1, 0.15) is 25.7 Å². The van der Waals surface area contributed by atoms with Gasteiger partial charge in [-0.3, -0.25) is 0 Å². The van der Waals surface area contributed by atoms with Gasteiger partial charge in [-0.2, -0.15) is 0 Å². The van der Waals surface area contributed by atoms with Crippen LogP contribution in [0.4, 0.5) is 0 Å². The minimum Gasteiger partial charge on any atom is -0.492 e. The van der Waals surface area contributed by atoms with Crippen molar-refractivity contribution in [3.63, 3.8) is 0 Å². The number of benzene rings is 1. The van der Waals surface area contributed by atoms with Crippen LogP contribution in [-0.4, -0.2) is 30.5 Å². The molecule has 1 aromatic rings. The number of nitrogens with two attached hydrogens (primary N) is 1. The lowest BCUT2D eigenvalue weighted by Gasteiger charge is -2.22. The first-order chi connectivity index (χ1) is 8.72. The van der Waals surface area contributed by atoms with Gasteiger partial charge in [-0.25, -0.2) is 0 Å². The van der Waals surface area contributed by atoms with E-state index in [1.54, 1.807) is 0 Å². The zero-order valence-electron chi connectivity index (χ0n) is 10.6. The minimum absolute atomic E-state index is 0.355. The summed E-state index contributed by atoms with van der Waals surface area (Å²) in [4.78, 5) is 0. The maximum absolute atomic E-state index is 10.2. The summed E-state index contributed by atoms with van der Waals surface area (Å²) in [5, 5.41) is 10.2. The summed E-state index contributed by atoms with van der Waals surface area (Å²) in [6.45, 7) is 1.34. The predicted octanol–water partition coefficient (Wildman–Crippen LogP) is 1.71. The molecule has 0 amide bonds. The zero-order chi connectivity index (χ0) is 12.8. The van der Waals surface area contributed by atoms with Gasteiger partial charge in [0.25, 0.3) is 0 Å². The largest absolute Gasteiger partial charge is 0.492 e. The second-order valence-corrected chi connectivity index (χ2v) is 4.83. The molecule has 4 heteroatoms. The Morgan fingerprint density at radius 2 is 1.83 bits per heavy atom. The molecule has 2 rings (SSSR count). The topological polar surface area (TPSA) is 64.7 Å². The summed E-state index contributed by atoms with van der Waals surface area (Å²) >= 11 is 0. The number of hydrogen-bond acceptors (Lipinski definition) is 4. The van der Waals surface area contributed by atoms with Crippen molar-refractivity contribution in [2.24, 2.45) is 5.73 Å². The smallest absolute Gasteiger partial charge is 0.123 e. The fourth-order valence-corrected chi connectivity index (χ4v) is 2.23. The van der Waals surface area contributed by atoms with Gasteiger partial charge in [0, 0.05) is 12.6 Å². The molecular weight excluding hydrogens is 230 g/mol. The molecule has 0 bridgehead atoms. The lowest BCUT2D eigenvalue weighted by molar-refractivity contribution is 0.00134. The minimum atomic E-state index is -0.645. The van der Waals surface area contributed by atoms with Crippen molar-refractivity contribution in [1.82, 2.24) is 0 Å². The van der Waals surface area contributed by atoms with E-state index in [0.29, 0.717) is 19.8 Å². The Bertz CT molecular complexity index is 375. The van der Waals surface area contributed by atoms with E-state index in [-0.39, 0.29) is 0 Å². The quantitative estimate of drug-likeness (QED) is 0.808. The Balaban J connectivity index is 1.88. The van der Waals surface area contributed by atoms with Crippen LogP contribution in [0.2, 0.25) is 0 Å². The van der Waals surface area contributed by atoms with Crippen LogP contribution in [0.15, 0.2) is 24.3 Å². The Morgan fingerprint density at radius 3 is 2.50 bits per heavy atom. The summed E-state index contributed by atoms with van der Waals surface area (Å²) in [5.74, 6) is 1.47. The van der Waals surface area contributed by atoms with Crippen LogP contribution < -0.4 is 15.2 Å². The van der Waals surface area contributed by atoms with E-state index in [2.05, 4.69) is 0 Å². The molecule has 1 saturated carbocycles. The van der Waals surface area contributed by atoms with Crippen molar-refractivity contribution in [3.8, 4) is 11.5 Å². The highest BCUT2D eigenvalue weighted by molar-refractivity contribution is 5.33. The van der Waals surface area contributed by atoms with Gasteiger partial charge in [-0.05, 0) is 25.0 Å². The first-order valence-corrected chi connectivity index (χ1v) is 6.50. The van der Waals surface area contributed by atoms with E-state index in [1.807, 2.05) is 24.3 Å². The second-order valence-electron chi connectivity index (χ2n) is 4.83. The summed E-state index contributed by atoms with van der Waals surface area (Å²) in [6.07, 6.45) is 3.83. The van der Waals surface area contributed by atoms with Crippen molar-refractivity contribution < 1.29 is 14.6 Å². The molecule has 4 nitrogen and oxygen atoms in total. The molecule has 0 spiro atoms. The third-order valence-electron chi connectivity index (χ3n) is 3.23. The molecule has 18 heavy (non-hydrogen) atoms. The van der Waals surface area contributed by atoms with Gasteiger partial charge < -0.3 is 20.3 Å². The average molecular weight is 251 g/mol. The fourth-order valence-electron chi connectivity index (χ4n) is 2.23. The van der Waals surface area contributed by atoms with E-state index in [0.717, 1.165) is 37.2 Å². The van der Waals surface area contributed by atoms with E-state index in [4.69, 9.17) is 15.2 Å². The molecule has 0 aliphatic heterocycles. The van der Waals surface area contributed by atoms with Crippen molar-refractivity contribution in [1.29, 1.82) is 0 Å². The third kappa shape index (κ3) is 3.62. The Hall–Kier alpha value is -1.26. The van der Waals surface area contributed by atoms with Gasteiger partial charge in [0.2, 0.25) is 0 Å². The van der Waals surface area contributed by atoms with Gasteiger partial charge in [0.1, 0.15) is 24.7 Å². The van der Waals surface area contributed by atoms with Crippen LogP contribution in [0, 0.1) is 0 Å². The lowest BCUT2D eigenvalue weighted by Crippen LogP contribution is -2.32. The number of hydrogen-bond donors (Lipinski definition) is 2. The highest BCUT2D eigenvalue weighted by Gasteiger charge is 2.31. The van der Waals surface area contributed by atoms with E-state index < -0.39 is 5.60 Å². The van der Waals surface area contributed by atoms with Crippen molar-refractivity contribution in [3.05, 3.63) is 24.3 Å². The summed E-state index contributed by atoms with van der Waals surface area (Å²) in [5.41, 5.74) is 4.74. The maximum Gasteiger partial charge on any atom is 0.123 e. The van der Waals surface area contributed by atoms with Crippen LogP contribution in [0.25, 0.3) is 0 Å². The van der Waals surface area contributed by atoms with E-state index >= 15 is 0 Å². The van der Waals surface area contributed by atoms with Crippen molar-refractivity contribution in [2.75, 3.05) is 19.8 Å². The van der Waals surface area contributed by atoms with E-state index in [9.17, 15) is 5.11 Å².